The molecule has 1 atom stereocenters. The van der Waals surface area contributed by atoms with E-state index in [9.17, 15) is 0 Å². The molecule has 1 aliphatic carbocycles. The predicted molar refractivity (Wildman–Crippen MR) is 117 cm³/mol. The summed E-state index contributed by atoms with van der Waals surface area (Å²) in [6, 6.07) is 15.0. The number of benzene rings is 2. The number of nitrogens with one attached hydrogen (secondary N) is 2. The first kappa shape index (κ1) is 21.5. The van der Waals surface area contributed by atoms with E-state index in [1.165, 1.54) is 31.2 Å². The highest BCUT2D eigenvalue weighted by molar-refractivity contribution is 5.53. The molecule has 0 bridgehead atoms. The number of hydrogen-bond acceptors (Lipinski definition) is 5. The predicted octanol–water partition coefficient (Wildman–Crippen LogP) is 4.47. The summed E-state index contributed by atoms with van der Waals surface area (Å²) in [6.07, 6.45) is 4.96. The normalized spacial score (nSPS) is 16.4. The van der Waals surface area contributed by atoms with Crippen LogP contribution in [0.15, 0.2) is 42.5 Å². The van der Waals surface area contributed by atoms with E-state index in [1.807, 2.05) is 12.1 Å². The Morgan fingerprint density at radius 1 is 0.931 bits per heavy atom. The number of methoxy groups -OCH3 is 3. The van der Waals surface area contributed by atoms with Gasteiger partial charge in [-0.05, 0) is 43.0 Å². The average Bonchev–Trinajstić information content (AvgIpc) is 3.21. The lowest BCUT2D eigenvalue weighted by Crippen LogP contribution is -2.51. The average molecular weight is 399 g/mol. The lowest BCUT2D eigenvalue weighted by molar-refractivity contribution is 0.284. The van der Waals surface area contributed by atoms with Crippen molar-refractivity contribution in [3.05, 3.63) is 53.6 Å². The Hall–Kier alpha value is -2.24. The van der Waals surface area contributed by atoms with Crippen molar-refractivity contribution in [2.45, 2.75) is 50.7 Å². The zero-order valence-electron chi connectivity index (χ0n) is 18.1. The summed E-state index contributed by atoms with van der Waals surface area (Å²) >= 11 is 0. The summed E-state index contributed by atoms with van der Waals surface area (Å²) in [7, 11) is 4.93. The van der Waals surface area contributed by atoms with E-state index in [2.05, 4.69) is 47.9 Å². The highest BCUT2D eigenvalue weighted by Crippen LogP contribution is 2.38. The Labute approximate surface area is 174 Å². The van der Waals surface area contributed by atoms with Crippen molar-refractivity contribution in [2.24, 2.45) is 0 Å². The topological polar surface area (TPSA) is 51.8 Å². The maximum Gasteiger partial charge on any atom is 0.203 e. The second-order valence-corrected chi connectivity index (χ2v) is 7.90. The Kier molecular flexibility index (Phi) is 7.40. The van der Waals surface area contributed by atoms with E-state index in [0.717, 1.165) is 18.7 Å². The molecule has 0 heterocycles. The fourth-order valence-electron chi connectivity index (χ4n) is 4.39. The summed E-state index contributed by atoms with van der Waals surface area (Å²) in [6.45, 7) is 3.94. The van der Waals surface area contributed by atoms with Gasteiger partial charge in [0.25, 0.3) is 0 Å². The van der Waals surface area contributed by atoms with Crippen LogP contribution >= 0.6 is 0 Å². The summed E-state index contributed by atoms with van der Waals surface area (Å²) in [5.41, 5.74) is 2.59. The molecule has 5 nitrogen and oxygen atoms in total. The molecule has 158 valence electrons. The summed E-state index contributed by atoms with van der Waals surface area (Å²) in [5, 5.41) is 7.59. The second kappa shape index (κ2) is 9.99. The molecule has 0 saturated heterocycles. The van der Waals surface area contributed by atoms with Crippen molar-refractivity contribution in [1.29, 1.82) is 0 Å². The van der Waals surface area contributed by atoms with Gasteiger partial charge in [0.2, 0.25) is 5.75 Å². The van der Waals surface area contributed by atoms with E-state index in [-0.39, 0.29) is 5.54 Å². The highest BCUT2D eigenvalue weighted by Gasteiger charge is 2.34. The molecule has 0 unspecified atom stereocenters. The van der Waals surface area contributed by atoms with Crippen molar-refractivity contribution < 1.29 is 14.2 Å². The number of hydrogen-bond donors (Lipinski definition) is 2. The molecule has 0 amide bonds. The Morgan fingerprint density at radius 2 is 1.55 bits per heavy atom. The molecule has 3 rings (SSSR count). The molecule has 5 heteroatoms. The number of ether oxygens (including phenoxy) is 3. The summed E-state index contributed by atoms with van der Waals surface area (Å²) in [4.78, 5) is 0. The molecule has 29 heavy (non-hydrogen) atoms. The second-order valence-electron chi connectivity index (χ2n) is 7.90. The maximum absolute atomic E-state index is 5.48. The molecule has 1 fully saturated rings. The first-order valence-corrected chi connectivity index (χ1v) is 10.4. The van der Waals surface area contributed by atoms with Gasteiger partial charge in [0.05, 0.1) is 21.3 Å². The van der Waals surface area contributed by atoms with Crippen LogP contribution in [0.25, 0.3) is 0 Å². The molecule has 0 aromatic heterocycles. The molecular formula is C24H34N2O3. The van der Waals surface area contributed by atoms with Crippen molar-refractivity contribution in [3.63, 3.8) is 0 Å². The third-order valence-corrected chi connectivity index (χ3v) is 5.90. The van der Waals surface area contributed by atoms with Gasteiger partial charge in [0, 0.05) is 24.7 Å². The van der Waals surface area contributed by atoms with Crippen molar-refractivity contribution in [3.8, 4) is 17.2 Å². The van der Waals surface area contributed by atoms with E-state index in [1.54, 1.807) is 21.3 Å². The van der Waals surface area contributed by atoms with Crippen molar-refractivity contribution in [1.82, 2.24) is 10.6 Å². The highest BCUT2D eigenvalue weighted by atomic mass is 16.5. The van der Waals surface area contributed by atoms with Gasteiger partial charge >= 0.3 is 0 Å². The van der Waals surface area contributed by atoms with Crippen LogP contribution in [0.4, 0.5) is 0 Å². The molecule has 2 aromatic rings. The van der Waals surface area contributed by atoms with Gasteiger partial charge in [0.15, 0.2) is 11.5 Å². The molecular weight excluding hydrogens is 364 g/mol. The minimum absolute atomic E-state index is 0.135. The lowest BCUT2D eigenvalue weighted by Gasteiger charge is -2.34. The van der Waals surface area contributed by atoms with Crippen LogP contribution in [0.2, 0.25) is 0 Å². The van der Waals surface area contributed by atoms with Crippen LogP contribution in [-0.4, -0.2) is 33.4 Å². The van der Waals surface area contributed by atoms with Crippen molar-refractivity contribution in [2.75, 3.05) is 27.9 Å². The van der Waals surface area contributed by atoms with E-state index in [0.29, 0.717) is 23.3 Å². The van der Waals surface area contributed by atoms with Gasteiger partial charge in [-0.2, -0.15) is 0 Å². The van der Waals surface area contributed by atoms with Gasteiger partial charge in [-0.25, -0.2) is 0 Å². The molecule has 1 saturated carbocycles. The molecule has 0 radical (unpaired) electrons. The SMILES string of the molecule is COc1cc(CNCC2(N[C@H](C)c3ccccc3)CCCC2)cc(OC)c1OC. The van der Waals surface area contributed by atoms with Crippen LogP contribution in [0.5, 0.6) is 17.2 Å². The van der Waals surface area contributed by atoms with E-state index >= 15 is 0 Å². The van der Waals surface area contributed by atoms with Crippen LogP contribution in [0, 0.1) is 0 Å². The van der Waals surface area contributed by atoms with Crippen LogP contribution < -0.4 is 24.8 Å². The minimum atomic E-state index is 0.135. The fraction of sp³-hybridized carbons (Fsp3) is 0.500. The zero-order valence-corrected chi connectivity index (χ0v) is 18.1. The van der Waals surface area contributed by atoms with Crippen LogP contribution in [0.3, 0.4) is 0 Å². The maximum atomic E-state index is 5.48. The standard InChI is InChI=1S/C24H34N2O3/c1-18(20-10-6-5-7-11-20)26-24(12-8-9-13-24)17-25-16-19-14-21(27-2)23(29-4)22(15-19)28-3/h5-7,10-11,14-15,18,25-26H,8-9,12-13,16-17H2,1-4H3/t18-/m1/s1. The Balaban J connectivity index is 1.65. The number of rotatable bonds is 10. The van der Waals surface area contributed by atoms with E-state index < -0.39 is 0 Å². The summed E-state index contributed by atoms with van der Waals surface area (Å²) < 4.78 is 16.4. The molecule has 1 aliphatic rings. The molecule has 2 N–H and O–H groups in total. The summed E-state index contributed by atoms with van der Waals surface area (Å²) in [5.74, 6) is 2.01. The largest absolute Gasteiger partial charge is 0.493 e. The smallest absolute Gasteiger partial charge is 0.203 e. The molecule has 0 aliphatic heterocycles. The quantitative estimate of drug-likeness (QED) is 0.619. The first-order chi connectivity index (χ1) is 14.1. The van der Waals surface area contributed by atoms with Crippen LogP contribution in [0.1, 0.15) is 49.8 Å². The third kappa shape index (κ3) is 5.22. The minimum Gasteiger partial charge on any atom is -0.493 e. The zero-order chi connectivity index (χ0) is 20.7. The molecule has 2 aromatic carbocycles. The molecule has 0 spiro atoms. The van der Waals surface area contributed by atoms with Gasteiger partial charge < -0.3 is 24.8 Å². The van der Waals surface area contributed by atoms with Crippen molar-refractivity contribution >= 4 is 0 Å². The Morgan fingerprint density at radius 3 is 2.10 bits per heavy atom. The van der Waals surface area contributed by atoms with Gasteiger partial charge in [-0.1, -0.05) is 43.2 Å². The van der Waals surface area contributed by atoms with Gasteiger partial charge in [0.1, 0.15) is 0 Å². The first-order valence-electron chi connectivity index (χ1n) is 10.4. The Bertz CT molecular complexity index is 748. The van der Waals surface area contributed by atoms with E-state index in [4.69, 9.17) is 14.2 Å². The fourth-order valence-corrected chi connectivity index (χ4v) is 4.39. The monoisotopic (exact) mass is 398 g/mol. The van der Waals surface area contributed by atoms with Crippen LogP contribution in [-0.2, 0) is 6.54 Å². The third-order valence-electron chi connectivity index (χ3n) is 5.90. The lowest BCUT2D eigenvalue weighted by atomic mass is 9.94. The van der Waals surface area contributed by atoms with Gasteiger partial charge in [-0.15, -0.1) is 0 Å². The van der Waals surface area contributed by atoms with Gasteiger partial charge in [-0.3, -0.25) is 0 Å².